The minimum Gasteiger partial charge on any atom is -0.358 e. The lowest BCUT2D eigenvalue weighted by Crippen LogP contribution is -1.95. The van der Waals surface area contributed by atoms with Crippen molar-refractivity contribution in [2.75, 3.05) is 0 Å². The van der Waals surface area contributed by atoms with Gasteiger partial charge in [-0.25, -0.2) is 0 Å². The number of nitro groups is 1. The van der Waals surface area contributed by atoms with E-state index in [4.69, 9.17) is 0 Å². The maximum Gasteiger partial charge on any atom is 0.378 e. The lowest BCUT2D eigenvalue weighted by Gasteiger charge is -1.95. The first-order chi connectivity index (χ1) is 5.66. The van der Waals surface area contributed by atoms with E-state index < -0.39 is 4.92 Å². The average molecular weight is 231 g/mol. The molecule has 0 spiro atoms. The number of pyridine rings is 1. The molecule has 6 heteroatoms. The Morgan fingerprint density at radius 3 is 2.83 bits per heavy atom. The normalized spacial score (nSPS) is 9.42. The van der Waals surface area contributed by atoms with E-state index in [1.807, 2.05) is 0 Å². The van der Waals surface area contributed by atoms with Crippen LogP contribution in [0.2, 0.25) is 0 Å². The molecule has 0 amide bonds. The van der Waals surface area contributed by atoms with Crippen LogP contribution in [0.3, 0.4) is 0 Å². The second-order valence-electron chi connectivity index (χ2n) is 1.91. The van der Waals surface area contributed by atoms with E-state index in [1.165, 1.54) is 12.3 Å². The van der Waals surface area contributed by atoms with Gasteiger partial charge in [0.2, 0.25) is 0 Å². The third kappa shape index (κ3) is 1.48. The first kappa shape index (κ1) is 8.79. The standard InChI is InChI=1S/C6H3BrN2O3/c7-5-4(3-10)1-2-8-6(5)9(11)12/h1-3H. The molecule has 1 aromatic rings. The molecule has 0 unspecified atom stereocenters. The average Bonchev–Trinajstić information content (AvgIpc) is 2.04. The number of halogens is 1. The first-order valence-electron chi connectivity index (χ1n) is 2.91. The first-order valence-corrected chi connectivity index (χ1v) is 3.70. The summed E-state index contributed by atoms with van der Waals surface area (Å²) in [5.41, 5.74) is 0.219. The fraction of sp³-hybridized carbons (Fsp3) is 0. The van der Waals surface area contributed by atoms with Crippen LogP contribution in [0.1, 0.15) is 10.4 Å². The summed E-state index contributed by atoms with van der Waals surface area (Å²) in [6, 6.07) is 1.39. The zero-order chi connectivity index (χ0) is 9.14. The number of rotatable bonds is 2. The largest absolute Gasteiger partial charge is 0.378 e. The molecular weight excluding hydrogens is 228 g/mol. The van der Waals surface area contributed by atoms with Crippen molar-refractivity contribution in [2.24, 2.45) is 0 Å². The Morgan fingerprint density at radius 1 is 1.67 bits per heavy atom. The van der Waals surface area contributed by atoms with Crippen LogP contribution >= 0.6 is 15.9 Å². The van der Waals surface area contributed by atoms with Gasteiger partial charge in [0, 0.05) is 5.56 Å². The molecule has 0 atom stereocenters. The van der Waals surface area contributed by atoms with Crippen molar-refractivity contribution in [2.45, 2.75) is 0 Å². The number of carbonyl (C=O) groups excluding carboxylic acids is 1. The van der Waals surface area contributed by atoms with Crippen LogP contribution < -0.4 is 0 Å². The Kier molecular flexibility index (Phi) is 2.49. The van der Waals surface area contributed by atoms with E-state index in [2.05, 4.69) is 20.9 Å². The summed E-state index contributed by atoms with van der Waals surface area (Å²) >= 11 is 2.91. The van der Waals surface area contributed by atoms with Gasteiger partial charge in [0.15, 0.2) is 6.29 Å². The number of aromatic nitrogens is 1. The number of nitrogens with zero attached hydrogens (tertiary/aromatic N) is 2. The predicted octanol–water partition coefficient (Wildman–Crippen LogP) is 1.56. The summed E-state index contributed by atoms with van der Waals surface area (Å²) in [6.45, 7) is 0. The van der Waals surface area contributed by atoms with E-state index >= 15 is 0 Å². The summed E-state index contributed by atoms with van der Waals surface area (Å²) in [5.74, 6) is -0.348. The molecule has 0 aliphatic rings. The highest BCUT2D eigenvalue weighted by Crippen LogP contribution is 2.24. The minimum atomic E-state index is -0.656. The van der Waals surface area contributed by atoms with Gasteiger partial charge in [-0.3, -0.25) is 4.79 Å². The number of carbonyl (C=O) groups is 1. The van der Waals surface area contributed by atoms with Crippen LogP contribution in [0, 0.1) is 10.1 Å². The van der Waals surface area contributed by atoms with Gasteiger partial charge in [-0.15, -0.1) is 0 Å². The lowest BCUT2D eigenvalue weighted by atomic mass is 10.3. The number of hydrogen-bond acceptors (Lipinski definition) is 4. The van der Waals surface area contributed by atoms with Gasteiger partial charge < -0.3 is 10.1 Å². The molecule has 0 saturated heterocycles. The van der Waals surface area contributed by atoms with Gasteiger partial charge in [-0.05, 0) is 31.9 Å². The highest BCUT2D eigenvalue weighted by Gasteiger charge is 2.15. The van der Waals surface area contributed by atoms with E-state index in [1.54, 1.807) is 0 Å². The zero-order valence-corrected chi connectivity index (χ0v) is 7.32. The molecule has 0 aromatic carbocycles. The molecule has 5 nitrogen and oxygen atoms in total. The fourth-order valence-electron chi connectivity index (χ4n) is 0.665. The molecule has 0 bridgehead atoms. The fourth-order valence-corrected chi connectivity index (χ4v) is 1.14. The van der Waals surface area contributed by atoms with E-state index in [-0.39, 0.29) is 15.9 Å². The molecule has 12 heavy (non-hydrogen) atoms. The molecule has 0 aliphatic carbocycles. The second-order valence-corrected chi connectivity index (χ2v) is 2.71. The predicted molar refractivity (Wildman–Crippen MR) is 44.0 cm³/mol. The molecule has 0 saturated carbocycles. The summed E-state index contributed by atoms with van der Waals surface area (Å²) in [4.78, 5) is 23.4. The maximum atomic E-state index is 10.3. The second kappa shape index (κ2) is 3.40. The highest BCUT2D eigenvalue weighted by molar-refractivity contribution is 9.10. The third-order valence-corrected chi connectivity index (χ3v) is 2.01. The maximum absolute atomic E-state index is 10.3. The van der Waals surface area contributed by atoms with Gasteiger partial charge in [0.1, 0.15) is 10.7 Å². The van der Waals surface area contributed by atoms with Crippen molar-refractivity contribution in [3.05, 3.63) is 32.4 Å². The van der Waals surface area contributed by atoms with E-state index in [0.29, 0.717) is 6.29 Å². The van der Waals surface area contributed by atoms with Crippen molar-refractivity contribution in [1.29, 1.82) is 0 Å². The zero-order valence-electron chi connectivity index (χ0n) is 5.73. The summed E-state index contributed by atoms with van der Waals surface area (Å²) in [5, 5.41) is 10.3. The molecule has 1 rings (SSSR count). The van der Waals surface area contributed by atoms with E-state index in [0.717, 1.165) is 0 Å². The quantitative estimate of drug-likeness (QED) is 0.439. The Morgan fingerprint density at radius 2 is 2.33 bits per heavy atom. The van der Waals surface area contributed by atoms with Crippen molar-refractivity contribution >= 4 is 28.0 Å². The molecule has 0 aliphatic heterocycles. The molecule has 62 valence electrons. The third-order valence-electron chi connectivity index (χ3n) is 1.20. The Labute approximate surface area is 75.7 Å². The van der Waals surface area contributed by atoms with E-state index in [9.17, 15) is 14.9 Å². The number of hydrogen-bond donors (Lipinski definition) is 0. The van der Waals surface area contributed by atoms with Crippen LogP contribution in [0.5, 0.6) is 0 Å². The molecular formula is C6H3BrN2O3. The summed E-state index contributed by atoms with van der Waals surface area (Å²) < 4.78 is 0.116. The SMILES string of the molecule is O=Cc1ccnc([N+](=O)[O-])c1Br. The van der Waals surface area contributed by atoms with Gasteiger partial charge in [0.05, 0.1) is 0 Å². The van der Waals surface area contributed by atoms with Gasteiger partial charge in [-0.1, -0.05) is 0 Å². The van der Waals surface area contributed by atoms with Crippen molar-refractivity contribution in [1.82, 2.24) is 4.98 Å². The lowest BCUT2D eigenvalue weighted by molar-refractivity contribution is -0.390. The topological polar surface area (TPSA) is 73.1 Å². The molecule has 0 radical (unpaired) electrons. The van der Waals surface area contributed by atoms with Gasteiger partial charge in [0.25, 0.3) is 0 Å². The number of aldehydes is 1. The van der Waals surface area contributed by atoms with Gasteiger partial charge >= 0.3 is 5.82 Å². The Hall–Kier alpha value is -1.30. The molecule has 1 aromatic heterocycles. The van der Waals surface area contributed by atoms with Crippen LogP contribution in [0.25, 0.3) is 0 Å². The Balaban J connectivity index is 3.32. The minimum absolute atomic E-state index is 0.116. The molecule has 1 heterocycles. The monoisotopic (exact) mass is 230 g/mol. The summed E-state index contributed by atoms with van der Waals surface area (Å²) in [6.07, 6.45) is 1.74. The molecule has 0 N–H and O–H groups in total. The van der Waals surface area contributed by atoms with Crippen LogP contribution in [0.15, 0.2) is 16.7 Å². The summed E-state index contributed by atoms with van der Waals surface area (Å²) in [7, 11) is 0. The Bertz CT molecular complexity index is 340. The highest BCUT2D eigenvalue weighted by atomic mass is 79.9. The van der Waals surface area contributed by atoms with Crippen LogP contribution in [0.4, 0.5) is 5.82 Å². The van der Waals surface area contributed by atoms with Crippen molar-refractivity contribution in [3.63, 3.8) is 0 Å². The van der Waals surface area contributed by atoms with Crippen LogP contribution in [-0.2, 0) is 0 Å². The van der Waals surface area contributed by atoms with Crippen molar-refractivity contribution in [3.8, 4) is 0 Å². The van der Waals surface area contributed by atoms with Gasteiger partial charge in [-0.2, -0.15) is 0 Å². The van der Waals surface area contributed by atoms with Crippen LogP contribution in [-0.4, -0.2) is 16.2 Å². The smallest absolute Gasteiger partial charge is 0.358 e. The van der Waals surface area contributed by atoms with Crippen molar-refractivity contribution < 1.29 is 9.72 Å². The molecule has 0 fully saturated rings.